The van der Waals surface area contributed by atoms with Gasteiger partial charge in [-0.25, -0.2) is 0 Å². The Kier molecular flexibility index (Phi) is 5.00. The second kappa shape index (κ2) is 7.35. The second-order valence-electron chi connectivity index (χ2n) is 5.84. The molecule has 1 amide bonds. The van der Waals surface area contributed by atoms with E-state index in [0.717, 1.165) is 31.1 Å². The Morgan fingerprint density at radius 2 is 2.04 bits per heavy atom. The van der Waals surface area contributed by atoms with Crippen LogP contribution in [0.5, 0.6) is 11.5 Å². The minimum atomic E-state index is -0.0739. The molecule has 0 radical (unpaired) electrons. The standard InChI is InChI=1S/C17H21N3O4/c1-13-10-14(18-24-13)11-19-6-8-20(9-7-19)17(22)12-23-16-5-3-2-4-15(16)21/h2-5,10,21H,6-9,11-12H2,1H3. The maximum absolute atomic E-state index is 12.2. The fourth-order valence-corrected chi connectivity index (χ4v) is 2.69. The maximum Gasteiger partial charge on any atom is 0.260 e. The number of hydrogen-bond donors (Lipinski definition) is 1. The van der Waals surface area contributed by atoms with Crippen molar-refractivity contribution in [1.29, 1.82) is 0 Å². The number of phenols is 1. The number of benzene rings is 1. The Morgan fingerprint density at radius 1 is 1.29 bits per heavy atom. The van der Waals surface area contributed by atoms with Crippen LogP contribution in [-0.4, -0.2) is 58.8 Å². The minimum Gasteiger partial charge on any atom is -0.504 e. The first kappa shape index (κ1) is 16.3. The molecule has 128 valence electrons. The number of aryl methyl sites for hydroxylation is 1. The number of ether oxygens (including phenoxy) is 1. The summed E-state index contributed by atoms with van der Waals surface area (Å²) in [5.74, 6) is 1.10. The van der Waals surface area contributed by atoms with Gasteiger partial charge >= 0.3 is 0 Å². The molecule has 0 bridgehead atoms. The predicted molar refractivity (Wildman–Crippen MR) is 86.7 cm³/mol. The number of aromatic nitrogens is 1. The lowest BCUT2D eigenvalue weighted by Crippen LogP contribution is -2.49. The molecule has 0 saturated carbocycles. The van der Waals surface area contributed by atoms with Crippen LogP contribution in [0.1, 0.15) is 11.5 Å². The third kappa shape index (κ3) is 4.05. The Morgan fingerprint density at radius 3 is 2.71 bits per heavy atom. The van der Waals surface area contributed by atoms with Crippen LogP contribution >= 0.6 is 0 Å². The lowest BCUT2D eigenvalue weighted by molar-refractivity contribution is -0.135. The molecule has 2 heterocycles. The molecule has 1 saturated heterocycles. The number of piperazine rings is 1. The molecular weight excluding hydrogens is 310 g/mol. The second-order valence-corrected chi connectivity index (χ2v) is 5.84. The molecule has 7 nitrogen and oxygen atoms in total. The number of phenolic OH excluding ortho intramolecular Hbond substituents is 1. The van der Waals surface area contributed by atoms with Gasteiger partial charge in [0.05, 0.1) is 5.69 Å². The van der Waals surface area contributed by atoms with Crippen molar-refractivity contribution in [3.8, 4) is 11.5 Å². The Bertz CT molecular complexity index is 693. The van der Waals surface area contributed by atoms with Crippen molar-refractivity contribution in [3.63, 3.8) is 0 Å². The highest BCUT2D eigenvalue weighted by molar-refractivity contribution is 5.78. The highest BCUT2D eigenvalue weighted by atomic mass is 16.5. The molecule has 0 unspecified atom stereocenters. The number of aromatic hydroxyl groups is 1. The zero-order valence-electron chi connectivity index (χ0n) is 13.6. The fraction of sp³-hybridized carbons (Fsp3) is 0.412. The Balaban J connectivity index is 1.44. The lowest BCUT2D eigenvalue weighted by atomic mass is 10.2. The topological polar surface area (TPSA) is 79.0 Å². The first-order valence-electron chi connectivity index (χ1n) is 7.95. The van der Waals surface area contributed by atoms with Gasteiger partial charge in [-0.3, -0.25) is 9.69 Å². The number of carbonyl (C=O) groups is 1. The molecule has 1 aliphatic rings. The van der Waals surface area contributed by atoms with Gasteiger partial charge in [0, 0.05) is 38.8 Å². The molecule has 1 aromatic carbocycles. The monoisotopic (exact) mass is 331 g/mol. The van der Waals surface area contributed by atoms with Gasteiger partial charge in [0.1, 0.15) is 5.76 Å². The number of rotatable bonds is 5. The molecule has 7 heteroatoms. The van der Waals surface area contributed by atoms with Crippen LogP contribution in [0, 0.1) is 6.92 Å². The van der Waals surface area contributed by atoms with Gasteiger partial charge in [-0.1, -0.05) is 17.3 Å². The van der Waals surface area contributed by atoms with E-state index in [0.29, 0.717) is 18.8 Å². The molecule has 0 aliphatic carbocycles. The van der Waals surface area contributed by atoms with E-state index in [1.165, 1.54) is 6.07 Å². The molecule has 0 atom stereocenters. The van der Waals surface area contributed by atoms with Crippen molar-refractivity contribution in [2.24, 2.45) is 0 Å². The summed E-state index contributed by atoms with van der Waals surface area (Å²) >= 11 is 0. The molecule has 1 fully saturated rings. The van der Waals surface area contributed by atoms with E-state index in [2.05, 4.69) is 10.1 Å². The number of para-hydroxylation sites is 2. The third-order valence-electron chi connectivity index (χ3n) is 4.00. The van der Waals surface area contributed by atoms with Crippen LogP contribution in [-0.2, 0) is 11.3 Å². The minimum absolute atomic E-state index is 0.0398. The smallest absolute Gasteiger partial charge is 0.260 e. The molecule has 24 heavy (non-hydrogen) atoms. The van der Waals surface area contributed by atoms with Crippen molar-refractivity contribution in [1.82, 2.24) is 15.0 Å². The molecule has 2 aromatic rings. The summed E-state index contributed by atoms with van der Waals surface area (Å²) in [7, 11) is 0. The Labute approximate surface area is 140 Å². The first-order valence-corrected chi connectivity index (χ1v) is 7.95. The van der Waals surface area contributed by atoms with Gasteiger partial charge in [0.15, 0.2) is 18.1 Å². The van der Waals surface area contributed by atoms with Gasteiger partial charge in [0.25, 0.3) is 5.91 Å². The molecule has 0 spiro atoms. The quantitative estimate of drug-likeness (QED) is 0.892. The van der Waals surface area contributed by atoms with Crippen molar-refractivity contribution in [2.45, 2.75) is 13.5 Å². The van der Waals surface area contributed by atoms with E-state index in [-0.39, 0.29) is 18.3 Å². The van der Waals surface area contributed by atoms with E-state index < -0.39 is 0 Å². The summed E-state index contributed by atoms with van der Waals surface area (Å²) in [5, 5.41) is 13.6. The van der Waals surface area contributed by atoms with Crippen LogP contribution in [0.3, 0.4) is 0 Å². The summed E-state index contributed by atoms with van der Waals surface area (Å²) in [6, 6.07) is 8.56. The van der Waals surface area contributed by atoms with E-state index in [1.54, 1.807) is 23.1 Å². The SMILES string of the molecule is Cc1cc(CN2CCN(C(=O)COc3ccccc3O)CC2)no1. The number of amides is 1. The number of hydrogen-bond acceptors (Lipinski definition) is 6. The van der Waals surface area contributed by atoms with Gasteiger partial charge in [-0.05, 0) is 19.1 Å². The molecular formula is C17H21N3O4. The van der Waals surface area contributed by atoms with Gasteiger partial charge in [-0.15, -0.1) is 0 Å². The van der Waals surface area contributed by atoms with Gasteiger partial charge in [-0.2, -0.15) is 0 Å². The van der Waals surface area contributed by atoms with Crippen LogP contribution in [0.4, 0.5) is 0 Å². The number of nitrogens with zero attached hydrogens (tertiary/aromatic N) is 3. The third-order valence-corrected chi connectivity index (χ3v) is 4.00. The van der Waals surface area contributed by atoms with Gasteiger partial charge < -0.3 is 19.3 Å². The molecule has 1 aromatic heterocycles. The zero-order valence-corrected chi connectivity index (χ0v) is 13.6. The van der Waals surface area contributed by atoms with E-state index >= 15 is 0 Å². The molecule has 3 rings (SSSR count). The predicted octanol–water partition coefficient (Wildman–Crippen LogP) is 1.41. The summed E-state index contributed by atoms with van der Waals surface area (Å²) in [4.78, 5) is 16.2. The van der Waals surface area contributed by atoms with E-state index in [1.807, 2.05) is 13.0 Å². The lowest BCUT2D eigenvalue weighted by Gasteiger charge is -2.34. The maximum atomic E-state index is 12.2. The van der Waals surface area contributed by atoms with Crippen LogP contribution in [0.2, 0.25) is 0 Å². The van der Waals surface area contributed by atoms with Crippen molar-refractivity contribution >= 4 is 5.91 Å². The van der Waals surface area contributed by atoms with Crippen molar-refractivity contribution in [2.75, 3.05) is 32.8 Å². The zero-order chi connectivity index (χ0) is 16.9. The van der Waals surface area contributed by atoms with Crippen LogP contribution < -0.4 is 4.74 Å². The average molecular weight is 331 g/mol. The largest absolute Gasteiger partial charge is 0.504 e. The molecule has 1 aliphatic heterocycles. The first-order chi connectivity index (χ1) is 11.6. The number of carbonyl (C=O) groups excluding carboxylic acids is 1. The van der Waals surface area contributed by atoms with E-state index in [4.69, 9.17) is 9.26 Å². The Hall–Kier alpha value is -2.54. The normalized spacial score (nSPS) is 15.5. The molecule has 1 N–H and O–H groups in total. The summed E-state index contributed by atoms with van der Waals surface area (Å²) in [5.41, 5.74) is 0.912. The van der Waals surface area contributed by atoms with Crippen molar-refractivity contribution < 1.29 is 19.2 Å². The van der Waals surface area contributed by atoms with E-state index in [9.17, 15) is 9.90 Å². The average Bonchev–Trinajstić information content (AvgIpc) is 2.99. The summed E-state index contributed by atoms with van der Waals surface area (Å²) in [6.07, 6.45) is 0. The van der Waals surface area contributed by atoms with Crippen LogP contribution in [0.25, 0.3) is 0 Å². The van der Waals surface area contributed by atoms with Crippen LogP contribution in [0.15, 0.2) is 34.9 Å². The van der Waals surface area contributed by atoms with Gasteiger partial charge in [0.2, 0.25) is 0 Å². The highest BCUT2D eigenvalue weighted by Gasteiger charge is 2.22. The summed E-state index contributed by atoms with van der Waals surface area (Å²) < 4.78 is 10.5. The fourth-order valence-electron chi connectivity index (χ4n) is 2.69. The van der Waals surface area contributed by atoms with Crippen molar-refractivity contribution in [3.05, 3.63) is 41.8 Å². The highest BCUT2D eigenvalue weighted by Crippen LogP contribution is 2.24. The summed E-state index contributed by atoms with van der Waals surface area (Å²) in [6.45, 7) is 5.41.